The van der Waals surface area contributed by atoms with Gasteiger partial charge >= 0.3 is 0 Å². The zero-order valence-corrected chi connectivity index (χ0v) is 14.5. The van der Waals surface area contributed by atoms with E-state index in [4.69, 9.17) is 0 Å². The number of aryl methyl sites for hydroxylation is 1. The first-order valence-corrected chi connectivity index (χ1v) is 8.09. The Kier molecular flexibility index (Phi) is 5.03. The summed E-state index contributed by atoms with van der Waals surface area (Å²) in [6.07, 6.45) is 1.33. The van der Waals surface area contributed by atoms with Gasteiger partial charge in [-0.1, -0.05) is 24.3 Å². The van der Waals surface area contributed by atoms with E-state index in [0.29, 0.717) is 17.1 Å². The molecule has 0 spiro atoms. The summed E-state index contributed by atoms with van der Waals surface area (Å²) in [5.41, 5.74) is 3.29. The SMILES string of the molecule is CC(=O)c1cccc(NC(=O)c2cc(Nc3cccc(C)c3)ncn2)c1. The summed E-state index contributed by atoms with van der Waals surface area (Å²) >= 11 is 0. The number of hydrogen-bond acceptors (Lipinski definition) is 5. The van der Waals surface area contributed by atoms with Crippen LogP contribution in [0.3, 0.4) is 0 Å². The van der Waals surface area contributed by atoms with E-state index in [0.717, 1.165) is 11.3 Å². The monoisotopic (exact) mass is 346 g/mol. The second-order valence-electron chi connectivity index (χ2n) is 5.87. The topological polar surface area (TPSA) is 84.0 Å². The molecule has 0 saturated carbocycles. The Hall–Kier alpha value is -3.54. The zero-order chi connectivity index (χ0) is 18.5. The van der Waals surface area contributed by atoms with Crippen molar-refractivity contribution in [1.29, 1.82) is 0 Å². The van der Waals surface area contributed by atoms with Crippen molar-refractivity contribution in [3.05, 3.63) is 77.7 Å². The van der Waals surface area contributed by atoms with Gasteiger partial charge in [0.25, 0.3) is 5.91 Å². The van der Waals surface area contributed by atoms with E-state index in [9.17, 15) is 9.59 Å². The Balaban J connectivity index is 1.76. The van der Waals surface area contributed by atoms with Gasteiger partial charge in [-0.05, 0) is 43.7 Å². The predicted molar refractivity (Wildman–Crippen MR) is 101 cm³/mol. The van der Waals surface area contributed by atoms with Crippen LogP contribution in [-0.4, -0.2) is 21.7 Å². The van der Waals surface area contributed by atoms with Crippen LogP contribution in [0.5, 0.6) is 0 Å². The van der Waals surface area contributed by atoms with Crippen molar-refractivity contribution in [3.8, 4) is 0 Å². The van der Waals surface area contributed by atoms with Crippen LogP contribution in [0.4, 0.5) is 17.2 Å². The van der Waals surface area contributed by atoms with E-state index in [-0.39, 0.29) is 17.4 Å². The summed E-state index contributed by atoms with van der Waals surface area (Å²) in [5, 5.41) is 5.90. The molecule has 0 aliphatic heterocycles. The molecule has 0 fully saturated rings. The van der Waals surface area contributed by atoms with Gasteiger partial charge in [0.15, 0.2) is 5.78 Å². The number of amides is 1. The standard InChI is InChI=1S/C20H18N4O2/c1-13-5-3-7-16(9-13)23-19-11-18(21-12-22-19)20(26)24-17-8-4-6-15(10-17)14(2)25/h3-12H,1-2H3,(H,24,26)(H,21,22,23). The zero-order valence-electron chi connectivity index (χ0n) is 14.5. The molecule has 1 heterocycles. The summed E-state index contributed by atoms with van der Waals surface area (Å²) in [7, 11) is 0. The minimum absolute atomic E-state index is 0.0622. The Morgan fingerprint density at radius 3 is 2.46 bits per heavy atom. The third-order valence-electron chi connectivity index (χ3n) is 3.72. The first-order chi connectivity index (χ1) is 12.5. The van der Waals surface area contributed by atoms with Crippen LogP contribution >= 0.6 is 0 Å². The number of nitrogens with zero attached hydrogens (tertiary/aromatic N) is 2. The van der Waals surface area contributed by atoms with Gasteiger partial charge in [0.05, 0.1) is 0 Å². The minimum Gasteiger partial charge on any atom is -0.340 e. The highest BCUT2D eigenvalue weighted by atomic mass is 16.2. The maximum absolute atomic E-state index is 12.4. The second kappa shape index (κ2) is 7.57. The molecule has 0 bridgehead atoms. The van der Waals surface area contributed by atoms with E-state index in [2.05, 4.69) is 20.6 Å². The van der Waals surface area contributed by atoms with Crippen molar-refractivity contribution in [2.45, 2.75) is 13.8 Å². The van der Waals surface area contributed by atoms with Gasteiger partial charge < -0.3 is 10.6 Å². The first kappa shape index (κ1) is 17.3. The highest BCUT2D eigenvalue weighted by Gasteiger charge is 2.10. The fourth-order valence-corrected chi connectivity index (χ4v) is 2.43. The molecule has 1 aromatic heterocycles. The first-order valence-electron chi connectivity index (χ1n) is 8.09. The van der Waals surface area contributed by atoms with Gasteiger partial charge in [-0.2, -0.15) is 0 Å². The van der Waals surface area contributed by atoms with Crippen LogP contribution in [0.2, 0.25) is 0 Å². The number of aromatic nitrogens is 2. The number of hydrogen-bond donors (Lipinski definition) is 2. The summed E-state index contributed by atoms with van der Waals surface area (Å²) in [5.74, 6) is 0.0846. The fraction of sp³-hybridized carbons (Fsp3) is 0.100. The van der Waals surface area contributed by atoms with Gasteiger partial charge in [0.2, 0.25) is 0 Å². The van der Waals surface area contributed by atoms with Crippen molar-refractivity contribution in [3.63, 3.8) is 0 Å². The van der Waals surface area contributed by atoms with Gasteiger partial charge in [-0.25, -0.2) is 9.97 Å². The van der Waals surface area contributed by atoms with E-state index < -0.39 is 0 Å². The molecular weight excluding hydrogens is 328 g/mol. The molecular formula is C20H18N4O2. The average Bonchev–Trinajstić information content (AvgIpc) is 2.62. The van der Waals surface area contributed by atoms with Gasteiger partial charge in [0, 0.05) is 23.0 Å². The Morgan fingerprint density at radius 2 is 1.69 bits per heavy atom. The van der Waals surface area contributed by atoms with Crippen LogP contribution < -0.4 is 10.6 Å². The lowest BCUT2D eigenvalue weighted by atomic mass is 10.1. The molecule has 3 aromatic rings. The molecule has 2 N–H and O–H groups in total. The molecule has 1 amide bonds. The van der Waals surface area contributed by atoms with Crippen LogP contribution in [0.25, 0.3) is 0 Å². The summed E-state index contributed by atoms with van der Waals surface area (Å²) < 4.78 is 0. The number of carbonyl (C=O) groups is 2. The van der Waals surface area contributed by atoms with Gasteiger partial charge in [-0.3, -0.25) is 9.59 Å². The fourth-order valence-electron chi connectivity index (χ4n) is 2.43. The Bertz CT molecular complexity index is 969. The molecule has 2 aromatic carbocycles. The molecule has 3 rings (SSSR count). The normalized spacial score (nSPS) is 10.2. The highest BCUT2D eigenvalue weighted by molar-refractivity contribution is 6.04. The van der Waals surface area contributed by atoms with E-state index in [1.165, 1.54) is 13.3 Å². The van der Waals surface area contributed by atoms with Crippen molar-refractivity contribution in [2.24, 2.45) is 0 Å². The van der Waals surface area contributed by atoms with E-state index in [1.54, 1.807) is 30.3 Å². The van der Waals surface area contributed by atoms with E-state index >= 15 is 0 Å². The van der Waals surface area contributed by atoms with Crippen molar-refractivity contribution in [1.82, 2.24) is 9.97 Å². The maximum atomic E-state index is 12.4. The minimum atomic E-state index is -0.375. The van der Waals surface area contributed by atoms with Crippen LogP contribution in [-0.2, 0) is 0 Å². The molecule has 0 atom stereocenters. The molecule has 0 aliphatic carbocycles. The number of Topliss-reactive ketones (excluding diaryl/α,β-unsaturated/α-hetero) is 1. The summed E-state index contributed by atoms with van der Waals surface area (Å²) in [6, 6.07) is 16.2. The summed E-state index contributed by atoms with van der Waals surface area (Å²) in [4.78, 5) is 32.1. The maximum Gasteiger partial charge on any atom is 0.274 e. The van der Waals surface area contributed by atoms with Gasteiger partial charge in [0.1, 0.15) is 17.8 Å². The molecule has 0 saturated heterocycles. The lowest BCUT2D eigenvalue weighted by molar-refractivity contribution is 0.100. The Labute approximate surface area is 151 Å². The molecule has 0 unspecified atom stereocenters. The molecule has 6 nitrogen and oxygen atoms in total. The quantitative estimate of drug-likeness (QED) is 0.683. The molecule has 130 valence electrons. The third-order valence-corrected chi connectivity index (χ3v) is 3.72. The number of anilines is 3. The molecule has 6 heteroatoms. The smallest absolute Gasteiger partial charge is 0.274 e. The van der Waals surface area contributed by atoms with Crippen molar-refractivity contribution in [2.75, 3.05) is 10.6 Å². The molecule has 26 heavy (non-hydrogen) atoms. The van der Waals surface area contributed by atoms with Crippen molar-refractivity contribution < 1.29 is 9.59 Å². The largest absolute Gasteiger partial charge is 0.340 e. The number of rotatable bonds is 5. The third kappa shape index (κ3) is 4.30. The van der Waals surface area contributed by atoms with Crippen LogP contribution in [0.1, 0.15) is 33.3 Å². The van der Waals surface area contributed by atoms with Crippen molar-refractivity contribution >= 4 is 28.9 Å². The highest BCUT2D eigenvalue weighted by Crippen LogP contribution is 2.17. The Morgan fingerprint density at radius 1 is 0.923 bits per heavy atom. The van der Waals surface area contributed by atoms with Crippen LogP contribution in [0.15, 0.2) is 60.9 Å². The van der Waals surface area contributed by atoms with Crippen LogP contribution in [0, 0.1) is 6.92 Å². The number of carbonyl (C=O) groups excluding carboxylic acids is 2. The number of ketones is 1. The molecule has 0 aliphatic rings. The summed E-state index contributed by atoms with van der Waals surface area (Å²) in [6.45, 7) is 3.48. The lowest BCUT2D eigenvalue weighted by Gasteiger charge is -2.09. The lowest BCUT2D eigenvalue weighted by Crippen LogP contribution is -2.14. The van der Waals surface area contributed by atoms with E-state index in [1.807, 2.05) is 31.2 Å². The average molecular weight is 346 g/mol. The predicted octanol–water partition coefficient (Wildman–Crippen LogP) is 3.98. The number of benzene rings is 2. The second-order valence-corrected chi connectivity index (χ2v) is 5.87. The number of nitrogens with one attached hydrogen (secondary N) is 2. The molecule has 0 radical (unpaired) electrons. The van der Waals surface area contributed by atoms with Gasteiger partial charge in [-0.15, -0.1) is 0 Å².